The molecule has 4 heteroatoms. The van der Waals surface area contributed by atoms with Crippen molar-refractivity contribution in [3.63, 3.8) is 0 Å². The summed E-state index contributed by atoms with van der Waals surface area (Å²) in [5, 5.41) is 0. The molecule has 0 bridgehead atoms. The minimum absolute atomic E-state index is 0. The van der Waals surface area contributed by atoms with Gasteiger partial charge in [-0.05, 0) is 31.9 Å². The Morgan fingerprint density at radius 2 is 2.12 bits per heavy atom. The number of hydrogen-bond donors (Lipinski definition) is 1. The summed E-state index contributed by atoms with van der Waals surface area (Å²) in [5.74, 6) is 0.116. The first-order valence-electron chi connectivity index (χ1n) is 5.70. The van der Waals surface area contributed by atoms with Gasteiger partial charge in [0.05, 0.1) is 0 Å². The third kappa shape index (κ3) is 2.99. The van der Waals surface area contributed by atoms with E-state index >= 15 is 0 Å². The number of amides is 1. The molecular formula is C13H19ClN2O. The lowest BCUT2D eigenvalue weighted by atomic mass is 10.0. The molecule has 1 aromatic carbocycles. The van der Waals surface area contributed by atoms with E-state index in [2.05, 4.69) is 0 Å². The molecule has 1 fully saturated rings. The molecule has 0 aliphatic carbocycles. The minimum atomic E-state index is 0. The first-order chi connectivity index (χ1) is 7.58. The number of nitrogens with two attached hydrogens (primary N) is 1. The highest BCUT2D eigenvalue weighted by atomic mass is 35.5. The fourth-order valence-electron chi connectivity index (χ4n) is 2.20. The van der Waals surface area contributed by atoms with Crippen molar-refractivity contribution in [1.29, 1.82) is 0 Å². The van der Waals surface area contributed by atoms with Gasteiger partial charge in [0.1, 0.15) is 0 Å². The molecule has 1 aliphatic heterocycles. The lowest BCUT2D eigenvalue weighted by Crippen LogP contribution is -2.32. The van der Waals surface area contributed by atoms with Crippen LogP contribution in [0.2, 0.25) is 0 Å². The number of nitrogens with zero attached hydrogens (tertiary/aromatic N) is 1. The van der Waals surface area contributed by atoms with Crippen LogP contribution in [-0.2, 0) is 0 Å². The molecule has 0 aromatic heterocycles. The van der Waals surface area contributed by atoms with Crippen LogP contribution in [0.25, 0.3) is 0 Å². The third-order valence-corrected chi connectivity index (χ3v) is 3.12. The monoisotopic (exact) mass is 254 g/mol. The van der Waals surface area contributed by atoms with Crippen molar-refractivity contribution < 1.29 is 4.79 Å². The van der Waals surface area contributed by atoms with Crippen LogP contribution in [0.3, 0.4) is 0 Å². The molecule has 1 saturated heterocycles. The predicted octanol–water partition coefficient (Wildman–Crippen LogP) is 1.90. The van der Waals surface area contributed by atoms with E-state index in [0.29, 0.717) is 6.54 Å². The highest BCUT2D eigenvalue weighted by Crippen LogP contribution is 2.16. The zero-order valence-electron chi connectivity index (χ0n) is 10.3. The number of likely N-dealkylation sites (tertiary alicyclic amines) is 1. The number of carbonyl (C=O) groups is 1. The summed E-state index contributed by atoms with van der Waals surface area (Å²) in [6.07, 6.45) is 0.913. The molecule has 2 rings (SSSR count). The van der Waals surface area contributed by atoms with Gasteiger partial charge in [0.25, 0.3) is 5.91 Å². The number of rotatable bonds is 1. The lowest BCUT2D eigenvalue weighted by molar-refractivity contribution is 0.0790. The highest BCUT2D eigenvalue weighted by molar-refractivity contribution is 5.95. The smallest absolute Gasteiger partial charge is 0.254 e. The van der Waals surface area contributed by atoms with Crippen molar-refractivity contribution >= 4 is 18.3 Å². The van der Waals surface area contributed by atoms with Crippen molar-refractivity contribution in [2.75, 3.05) is 13.1 Å². The maximum atomic E-state index is 12.2. The van der Waals surface area contributed by atoms with Gasteiger partial charge in [-0.2, -0.15) is 0 Å². The van der Waals surface area contributed by atoms with Crippen LogP contribution in [0.5, 0.6) is 0 Å². The van der Waals surface area contributed by atoms with Gasteiger partial charge < -0.3 is 10.6 Å². The van der Waals surface area contributed by atoms with E-state index in [9.17, 15) is 4.79 Å². The molecule has 0 radical (unpaired) electrons. The summed E-state index contributed by atoms with van der Waals surface area (Å²) in [6, 6.07) is 6.09. The molecule has 1 heterocycles. The van der Waals surface area contributed by atoms with Crippen molar-refractivity contribution in [3.05, 3.63) is 34.9 Å². The zero-order chi connectivity index (χ0) is 11.7. The topological polar surface area (TPSA) is 46.3 Å². The van der Waals surface area contributed by atoms with E-state index in [1.165, 1.54) is 5.56 Å². The van der Waals surface area contributed by atoms with E-state index in [-0.39, 0.29) is 24.4 Å². The van der Waals surface area contributed by atoms with Gasteiger partial charge in [0.2, 0.25) is 0 Å². The molecule has 0 spiro atoms. The third-order valence-electron chi connectivity index (χ3n) is 3.12. The first-order valence-corrected chi connectivity index (χ1v) is 5.70. The van der Waals surface area contributed by atoms with Gasteiger partial charge in [0, 0.05) is 24.7 Å². The van der Waals surface area contributed by atoms with Gasteiger partial charge in [-0.3, -0.25) is 4.79 Å². The molecule has 2 N–H and O–H groups in total. The first kappa shape index (κ1) is 14.0. The van der Waals surface area contributed by atoms with Crippen LogP contribution in [0.4, 0.5) is 0 Å². The summed E-state index contributed by atoms with van der Waals surface area (Å²) in [5.41, 5.74) is 8.85. The standard InChI is InChI=1S/C13H18N2O.ClH/c1-9-3-4-12(10(2)7-9)13(16)15-6-5-11(14)8-15;/h3-4,7,11H,5-6,8,14H2,1-2H3;1H/t11-;/m0./s1. The van der Waals surface area contributed by atoms with E-state index in [1.807, 2.05) is 36.9 Å². The van der Waals surface area contributed by atoms with Crippen LogP contribution in [-0.4, -0.2) is 29.9 Å². The molecule has 17 heavy (non-hydrogen) atoms. The van der Waals surface area contributed by atoms with Crippen molar-refractivity contribution in [1.82, 2.24) is 4.90 Å². The SMILES string of the molecule is Cc1ccc(C(=O)N2CC[C@H](N)C2)c(C)c1.Cl. The molecule has 1 aliphatic rings. The Morgan fingerprint density at radius 1 is 1.41 bits per heavy atom. The maximum Gasteiger partial charge on any atom is 0.254 e. The minimum Gasteiger partial charge on any atom is -0.337 e. The summed E-state index contributed by atoms with van der Waals surface area (Å²) in [4.78, 5) is 14.0. The van der Waals surface area contributed by atoms with Crippen LogP contribution in [0.15, 0.2) is 18.2 Å². The van der Waals surface area contributed by atoms with Crippen molar-refractivity contribution in [2.24, 2.45) is 5.73 Å². The van der Waals surface area contributed by atoms with E-state index < -0.39 is 0 Å². The maximum absolute atomic E-state index is 12.2. The normalized spacial score (nSPS) is 19.0. The zero-order valence-corrected chi connectivity index (χ0v) is 11.1. The second-order valence-electron chi connectivity index (χ2n) is 4.62. The van der Waals surface area contributed by atoms with Crippen LogP contribution in [0.1, 0.15) is 27.9 Å². The van der Waals surface area contributed by atoms with Gasteiger partial charge in [-0.1, -0.05) is 17.7 Å². The van der Waals surface area contributed by atoms with Gasteiger partial charge in [0.15, 0.2) is 0 Å². The average molecular weight is 255 g/mol. The number of hydrogen-bond acceptors (Lipinski definition) is 2. The summed E-state index contributed by atoms with van der Waals surface area (Å²) in [6.45, 7) is 5.49. The molecule has 1 aromatic rings. The molecule has 3 nitrogen and oxygen atoms in total. The molecule has 94 valence electrons. The molecule has 1 amide bonds. The Labute approximate surface area is 108 Å². The summed E-state index contributed by atoms with van der Waals surface area (Å²) in [7, 11) is 0. The Bertz CT molecular complexity index is 420. The lowest BCUT2D eigenvalue weighted by Gasteiger charge is -2.17. The number of carbonyl (C=O) groups excluding carboxylic acids is 1. The van der Waals surface area contributed by atoms with Gasteiger partial charge in [-0.15, -0.1) is 12.4 Å². The van der Waals surface area contributed by atoms with Gasteiger partial charge >= 0.3 is 0 Å². The highest BCUT2D eigenvalue weighted by Gasteiger charge is 2.25. The second kappa shape index (κ2) is 5.52. The number of halogens is 1. The van der Waals surface area contributed by atoms with Crippen LogP contribution < -0.4 is 5.73 Å². The van der Waals surface area contributed by atoms with Crippen LogP contribution in [0, 0.1) is 13.8 Å². The molecular weight excluding hydrogens is 236 g/mol. The van der Waals surface area contributed by atoms with E-state index in [4.69, 9.17) is 5.73 Å². The molecule has 0 unspecified atom stereocenters. The Hall–Kier alpha value is -1.06. The van der Waals surface area contributed by atoms with Crippen molar-refractivity contribution in [3.8, 4) is 0 Å². The fraction of sp³-hybridized carbons (Fsp3) is 0.462. The Kier molecular flexibility index (Phi) is 4.54. The number of aryl methyl sites for hydroxylation is 2. The summed E-state index contributed by atoms with van der Waals surface area (Å²) < 4.78 is 0. The summed E-state index contributed by atoms with van der Waals surface area (Å²) >= 11 is 0. The fourth-order valence-corrected chi connectivity index (χ4v) is 2.20. The Morgan fingerprint density at radius 3 is 2.65 bits per heavy atom. The van der Waals surface area contributed by atoms with E-state index in [0.717, 1.165) is 24.1 Å². The van der Waals surface area contributed by atoms with E-state index in [1.54, 1.807) is 0 Å². The van der Waals surface area contributed by atoms with Crippen LogP contribution >= 0.6 is 12.4 Å². The van der Waals surface area contributed by atoms with Gasteiger partial charge in [-0.25, -0.2) is 0 Å². The van der Waals surface area contributed by atoms with Crippen molar-refractivity contribution in [2.45, 2.75) is 26.3 Å². The average Bonchev–Trinajstić information content (AvgIpc) is 2.64. The predicted molar refractivity (Wildman–Crippen MR) is 71.7 cm³/mol. The largest absolute Gasteiger partial charge is 0.337 e. The second-order valence-corrected chi connectivity index (χ2v) is 4.62. The molecule has 1 atom stereocenters. The number of benzene rings is 1. The molecule has 0 saturated carbocycles. The quantitative estimate of drug-likeness (QED) is 0.832. The Balaban J connectivity index is 0.00000144.